The molecule has 0 spiro atoms. The van der Waals surface area contributed by atoms with Crippen LogP contribution < -0.4 is 10.1 Å². The van der Waals surface area contributed by atoms with Gasteiger partial charge in [-0.1, -0.05) is 38.6 Å². The smallest absolute Gasteiger partial charge is 0.173 e. The number of halogens is 1. The molecule has 0 bridgehead atoms. The first-order chi connectivity index (χ1) is 15.3. The number of hydrogen-bond acceptors (Lipinski definition) is 5. The van der Waals surface area contributed by atoms with Crippen LogP contribution in [0.25, 0.3) is 0 Å². The Labute approximate surface area is 204 Å². The standard InChI is InChI=1S/C25H33BrN4OS/c1-25(2,3)10-6-11-28-12-13-30-20-8-5-4-7-19(27)23(20)29-24(30)32-22-16-21-17(9-14-31-21)15-18(22)26/h4,7,15-16,27-28H,5-6,8-14H2,1-3H3. The maximum absolute atomic E-state index is 8.45. The average Bonchev–Trinajstić information content (AvgIpc) is 3.26. The van der Waals surface area contributed by atoms with E-state index >= 15 is 0 Å². The Kier molecular flexibility index (Phi) is 7.47. The fraction of sp³-hybridized carbons (Fsp3) is 0.520. The van der Waals surface area contributed by atoms with E-state index in [0.717, 1.165) is 71.5 Å². The lowest BCUT2D eigenvalue weighted by molar-refractivity contribution is 0.356. The summed E-state index contributed by atoms with van der Waals surface area (Å²) in [5, 5.41) is 13.0. The van der Waals surface area contributed by atoms with Gasteiger partial charge in [0, 0.05) is 34.6 Å². The van der Waals surface area contributed by atoms with E-state index in [0.29, 0.717) is 11.1 Å². The summed E-state index contributed by atoms with van der Waals surface area (Å²) in [6.45, 7) is 10.4. The number of benzene rings is 1. The van der Waals surface area contributed by atoms with E-state index in [1.165, 1.54) is 24.1 Å². The van der Waals surface area contributed by atoms with Crippen molar-refractivity contribution in [3.63, 3.8) is 0 Å². The van der Waals surface area contributed by atoms with Crippen molar-refractivity contribution in [2.45, 2.75) is 69.5 Å². The number of nitrogens with one attached hydrogen (secondary N) is 2. The number of ether oxygens (including phenoxy) is 1. The van der Waals surface area contributed by atoms with E-state index < -0.39 is 0 Å². The lowest BCUT2D eigenvalue weighted by Gasteiger charge is -2.18. The third kappa shape index (κ3) is 5.67. The van der Waals surface area contributed by atoms with Crippen LogP contribution in [0.15, 0.2) is 38.8 Å². The first-order valence-electron chi connectivity index (χ1n) is 11.5. The molecule has 2 N–H and O–H groups in total. The molecule has 2 aliphatic rings. The molecule has 0 amide bonds. The molecular weight excluding hydrogens is 484 g/mol. The summed E-state index contributed by atoms with van der Waals surface area (Å²) in [5.41, 5.74) is 4.14. The minimum absolute atomic E-state index is 0.382. The van der Waals surface area contributed by atoms with E-state index in [-0.39, 0.29) is 0 Å². The molecule has 2 aromatic rings. The summed E-state index contributed by atoms with van der Waals surface area (Å²) < 4.78 is 9.18. The molecule has 1 aliphatic carbocycles. The highest BCUT2D eigenvalue weighted by atomic mass is 79.9. The van der Waals surface area contributed by atoms with Gasteiger partial charge < -0.3 is 14.6 Å². The lowest BCUT2D eigenvalue weighted by Crippen LogP contribution is -2.23. The molecule has 4 rings (SSSR count). The molecule has 0 unspecified atom stereocenters. The third-order valence-electron chi connectivity index (χ3n) is 5.86. The van der Waals surface area contributed by atoms with Crippen molar-refractivity contribution in [1.82, 2.24) is 14.9 Å². The maximum atomic E-state index is 8.45. The number of aromatic nitrogens is 2. The highest BCUT2D eigenvalue weighted by Gasteiger charge is 2.23. The van der Waals surface area contributed by atoms with E-state index in [4.69, 9.17) is 15.1 Å². The molecule has 0 atom stereocenters. The van der Waals surface area contributed by atoms with Crippen LogP contribution in [-0.2, 0) is 19.4 Å². The van der Waals surface area contributed by atoms with Gasteiger partial charge in [-0.2, -0.15) is 0 Å². The highest BCUT2D eigenvalue weighted by molar-refractivity contribution is 9.10. The van der Waals surface area contributed by atoms with Gasteiger partial charge in [0.1, 0.15) is 11.4 Å². The summed E-state index contributed by atoms with van der Waals surface area (Å²) >= 11 is 5.40. The van der Waals surface area contributed by atoms with Crippen LogP contribution >= 0.6 is 27.7 Å². The number of fused-ring (bicyclic) bond motifs is 2. The molecule has 0 radical (unpaired) electrons. The van der Waals surface area contributed by atoms with E-state index in [9.17, 15) is 0 Å². The van der Waals surface area contributed by atoms with E-state index in [1.54, 1.807) is 11.8 Å². The molecule has 0 saturated heterocycles. The van der Waals surface area contributed by atoms with Gasteiger partial charge in [-0.05, 0) is 77.3 Å². The van der Waals surface area contributed by atoms with Gasteiger partial charge in [0.25, 0.3) is 0 Å². The monoisotopic (exact) mass is 516 g/mol. The van der Waals surface area contributed by atoms with Crippen LogP contribution in [0.3, 0.4) is 0 Å². The van der Waals surface area contributed by atoms with Crippen LogP contribution in [0.5, 0.6) is 5.75 Å². The molecule has 32 heavy (non-hydrogen) atoms. The SMILES string of the molecule is CC(C)(C)CCCNCCn1c(Sc2cc3c(cc2Br)CCO3)nc2c1CCC=CC2=N. The van der Waals surface area contributed by atoms with Gasteiger partial charge >= 0.3 is 0 Å². The highest BCUT2D eigenvalue weighted by Crippen LogP contribution is 2.40. The molecule has 5 nitrogen and oxygen atoms in total. The quantitative estimate of drug-likeness (QED) is 0.421. The van der Waals surface area contributed by atoms with Crippen LogP contribution in [0.4, 0.5) is 0 Å². The fourth-order valence-corrected chi connectivity index (χ4v) is 5.76. The van der Waals surface area contributed by atoms with Gasteiger partial charge in [0.15, 0.2) is 5.16 Å². The Bertz CT molecular complexity index is 1020. The van der Waals surface area contributed by atoms with Gasteiger partial charge in [0.05, 0.1) is 12.3 Å². The Balaban J connectivity index is 1.52. The number of imidazole rings is 1. The van der Waals surface area contributed by atoms with Crippen LogP contribution in [0, 0.1) is 10.8 Å². The second kappa shape index (κ2) is 10.1. The topological polar surface area (TPSA) is 62.9 Å². The fourth-order valence-electron chi connectivity index (χ4n) is 4.15. The zero-order valence-corrected chi connectivity index (χ0v) is 21.7. The van der Waals surface area contributed by atoms with Gasteiger partial charge in [-0.15, -0.1) is 0 Å². The average molecular weight is 518 g/mol. The molecule has 0 fully saturated rings. The minimum atomic E-state index is 0.382. The number of allylic oxidation sites excluding steroid dienone is 2. The summed E-state index contributed by atoms with van der Waals surface area (Å²) in [6.07, 6.45) is 9.21. The van der Waals surface area contributed by atoms with Crippen molar-refractivity contribution in [3.05, 3.63) is 45.7 Å². The van der Waals surface area contributed by atoms with Gasteiger partial charge in [-0.3, -0.25) is 5.41 Å². The van der Waals surface area contributed by atoms with Crippen molar-refractivity contribution in [2.75, 3.05) is 19.7 Å². The molecule has 1 aromatic carbocycles. The van der Waals surface area contributed by atoms with Crippen molar-refractivity contribution in [3.8, 4) is 5.75 Å². The van der Waals surface area contributed by atoms with Gasteiger partial charge in [-0.25, -0.2) is 4.98 Å². The molecule has 172 valence electrons. The van der Waals surface area contributed by atoms with Crippen molar-refractivity contribution in [2.24, 2.45) is 5.41 Å². The van der Waals surface area contributed by atoms with Crippen molar-refractivity contribution < 1.29 is 4.74 Å². The Morgan fingerprint density at radius 2 is 2.09 bits per heavy atom. The van der Waals surface area contributed by atoms with Gasteiger partial charge in [0.2, 0.25) is 0 Å². The first kappa shape index (κ1) is 23.6. The Morgan fingerprint density at radius 1 is 1.25 bits per heavy atom. The largest absolute Gasteiger partial charge is 0.493 e. The van der Waals surface area contributed by atoms with Crippen LogP contribution in [0.2, 0.25) is 0 Å². The second-order valence-corrected chi connectivity index (χ2v) is 11.6. The zero-order valence-electron chi connectivity index (χ0n) is 19.3. The third-order valence-corrected chi connectivity index (χ3v) is 7.83. The number of rotatable bonds is 8. The normalized spacial score (nSPS) is 15.4. The summed E-state index contributed by atoms with van der Waals surface area (Å²) in [7, 11) is 0. The maximum Gasteiger partial charge on any atom is 0.173 e. The van der Waals surface area contributed by atoms with Crippen LogP contribution in [-0.4, -0.2) is 35.0 Å². The summed E-state index contributed by atoms with van der Waals surface area (Å²) in [4.78, 5) is 6.03. The first-order valence-corrected chi connectivity index (χ1v) is 13.1. The van der Waals surface area contributed by atoms with Crippen LogP contribution in [0.1, 0.15) is 57.0 Å². The Morgan fingerprint density at radius 3 is 2.91 bits per heavy atom. The van der Waals surface area contributed by atoms with Crippen molar-refractivity contribution in [1.29, 1.82) is 5.41 Å². The molecule has 1 aromatic heterocycles. The lowest BCUT2D eigenvalue weighted by atomic mass is 9.91. The number of nitrogens with zero attached hydrogens (tertiary/aromatic N) is 2. The predicted octanol–water partition coefficient (Wildman–Crippen LogP) is 6.02. The van der Waals surface area contributed by atoms with Crippen molar-refractivity contribution >= 4 is 33.4 Å². The summed E-state index contributed by atoms with van der Waals surface area (Å²) in [5.74, 6) is 0.978. The predicted molar refractivity (Wildman–Crippen MR) is 136 cm³/mol. The zero-order chi connectivity index (χ0) is 22.7. The van der Waals surface area contributed by atoms with E-state index in [1.807, 2.05) is 6.08 Å². The molecule has 0 saturated carbocycles. The molecule has 2 heterocycles. The van der Waals surface area contributed by atoms with E-state index in [2.05, 4.69) is 64.8 Å². The number of hydrogen-bond donors (Lipinski definition) is 2. The summed E-state index contributed by atoms with van der Waals surface area (Å²) in [6, 6.07) is 4.29. The molecule has 7 heteroatoms. The molecule has 1 aliphatic heterocycles. The Hall–Kier alpha value is -1.57. The minimum Gasteiger partial charge on any atom is -0.493 e. The molecular formula is C25H33BrN4OS. The second-order valence-electron chi connectivity index (χ2n) is 9.70.